The Balaban J connectivity index is 2.23. The molecule has 0 bridgehead atoms. The van der Waals surface area contributed by atoms with Gasteiger partial charge in [-0.3, -0.25) is 0 Å². The molecule has 0 fully saturated rings. The number of hydrogen-bond donors (Lipinski definition) is 3. The summed E-state index contributed by atoms with van der Waals surface area (Å²) in [7, 11) is 0. The van der Waals surface area contributed by atoms with Crippen LogP contribution in [0.25, 0.3) is 0 Å². The fraction of sp³-hybridized carbons (Fsp3) is 0.353. The SMILES string of the molecule is CCOC(=O)C1=C(COC(=O)c2ccc(Cl)cc2N)NC(=O)N[C@@H]1CC. The number of nitrogen functional groups attached to an aromatic ring is 1. The van der Waals surface area contributed by atoms with Gasteiger partial charge in [0.2, 0.25) is 0 Å². The lowest BCUT2D eigenvalue weighted by Gasteiger charge is -2.28. The number of esters is 2. The molecule has 1 aromatic carbocycles. The maximum absolute atomic E-state index is 12.2. The molecule has 2 rings (SSSR count). The zero-order valence-corrected chi connectivity index (χ0v) is 15.2. The minimum atomic E-state index is -0.698. The summed E-state index contributed by atoms with van der Waals surface area (Å²) in [6.07, 6.45) is 0.475. The molecule has 1 aliphatic heterocycles. The molecule has 0 spiro atoms. The molecule has 0 saturated heterocycles. The Labute approximate surface area is 155 Å². The largest absolute Gasteiger partial charge is 0.463 e. The van der Waals surface area contributed by atoms with Gasteiger partial charge in [0.25, 0.3) is 0 Å². The molecule has 0 saturated carbocycles. The molecule has 2 amide bonds. The zero-order chi connectivity index (χ0) is 19.3. The molecule has 140 valence electrons. The van der Waals surface area contributed by atoms with Crippen molar-refractivity contribution in [3.05, 3.63) is 40.1 Å². The Bertz CT molecular complexity index is 763. The quantitative estimate of drug-likeness (QED) is 0.512. The van der Waals surface area contributed by atoms with Crippen LogP contribution in [0.1, 0.15) is 30.6 Å². The van der Waals surface area contributed by atoms with E-state index in [2.05, 4.69) is 10.6 Å². The van der Waals surface area contributed by atoms with Crippen LogP contribution in [0.2, 0.25) is 5.02 Å². The van der Waals surface area contributed by atoms with E-state index in [4.69, 9.17) is 26.8 Å². The van der Waals surface area contributed by atoms with Crippen molar-refractivity contribution in [3.8, 4) is 0 Å². The first kappa shape index (κ1) is 19.6. The van der Waals surface area contributed by atoms with Gasteiger partial charge in [-0.1, -0.05) is 18.5 Å². The van der Waals surface area contributed by atoms with Gasteiger partial charge in [-0.05, 0) is 31.5 Å². The fourth-order valence-corrected chi connectivity index (χ4v) is 2.69. The normalized spacial score (nSPS) is 16.6. The first-order valence-corrected chi connectivity index (χ1v) is 8.44. The molecule has 0 aromatic heterocycles. The second-order valence-electron chi connectivity index (χ2n) is 5.48. The van der Waals surface area contributed by atoms with Gasteiger partial charge in [0.15, 0.2) is 0 Å². The highest BCUT2D eigenvalue weighted by Crippen LogP contribution is 2.21. The smallest absolute Gasteiger partial charge is 0.340 e. The van der Waals surface area contributed by atoms with E-state index in [1.165, 1.54) is 18.2 Å². The average Bonchev–Trinajstić information content (AvgIpc) is 2.59. The molecular formula is C17H20ClN3O5. The summed E-state index contributed by atoms with van der Waals surface area (Å²) in [5.41, 5.74) is 6.48. The van der Waals surface area contributed by atoms with Crippen molar-refractivity contribution in [1.82, 2.24) is 10.6 Å². The second kappa shape index (κ2) is 8.57. The Morgan fingerprint density at radius 2 is 1.96 bits per heavy atom. The lowest BCUT2D eigenvalue weighted by molar-refractivity contribution is -0.139. The van der Waals surface area contributed by atoms with Crippen molar-refractivity contribution in [2.24, 2.45) is 0 Å². The van der Waals surface area contributed by atoms with Crippen LogP contribution in [0.15, 0.2) is 29.5 Å². The van der Waals surface area contributed by atoms with Crippen LogP contribution in [0.3, 0.4) is 0 Å². The van der Waals surface area contributed by atoms with Crippen molar-refractivity contribution in [2.75, 3.05) is 18.9 Å². The van der Waals surface area contributed by atoms with Crippen molar-refractivity contribution in [1.29, 1.82) is 0 Å². The fourth-order valence-electron chi connectivity index (χ4n) is 2.51. The van der Waals surface area contributed by atoms with Crippen molar-refractivity contribution in [2.45, 2.75) is 26.3 Å². The van der Waals surface area contributed by atoms with E-state index in [9.17, 15) is 14.4 Å². The highest BCUT2D eigenvalue weighted by atomic mass is 35.5. The van der Waals surface area contributed by atoms with Gasteiger partial charge in [-0.25, -0.2) is 14.4 Å². The lowest BCUT2D eigenvalue weighted by atomic mass is 10.0. The Morgan fingerprint density at radius 3 is 2.58 bits per heavy atom. The van der Waals surface area contributed by atoms with Crippen LogP contribution in [-0.2, 0) is 14.3 Å². The van der Waals surface area contributed by atoms with Gasteiger partial charge in [-0.15, -0.1) is 0 Å². The zero-order valence-electron chi connectivity index (χ0n) is 14.4. The number of carbonyl (C=O) groups excluding carboxylic acids is 3. The van der Waals surface area contributed by atoms with E-state index >= 15 is 0 Å². The molecule has 1 atom stereocenters. The first-order valence-electron chi connectivity index (χ1n) is 8.07. The summed E-state index contributed by atoms with van der Waals surface area (Å²) >= 11 is 5.81. The van der Waals surface area contributed by atoms with E-state index in [0.717, 1.165) is 0 Å². The van der Waals surface area contributed by atoms with Gasteiger partial charge >= 0.3 is 18.0 Å². The number of amides is 2. The van der Waals surface area contributed by atoms with Crippen LogP contribution >= 0.6 is 11.6 Å². The summed E-state index contributed by atoms with van der Waals surface area (Å²) in [4.78, 5) is 36.3. The topological polar surface area (TPSA) is 120 Å². The van der Waals surface area contributed by atoms with E-state index < -0.39 is 24.0 Å². The third-order valence-electron chi connectivity index (χ3n) is 3.73. The van der Waals surface area contributed by atoms with Gasteiger partial charge in [0.1, 0.15) is 6.61 Å². The molecule has 9 heteroatoms. The Morgan fingerprint density at radius 1 is 1.23 bits per heavy atom. The maximum Gasteiger partial charge on any atom is 0.340 e. The molecule has 0 radical (unpaired) electrons. The van der Waals surface area contributed by atoms with Crippen LogP contribution in [-0.4, -0.2) is 37.2 Å². The summed E-state index contributed by atoms with van der Waals surface area (Å²) in [5, 5.41) is 5.53. The molecule has 1 heterocycles. The molecule has 4 N–H and O–H groups in total. The van der Waals surface area contributed by atoms with E-state index in [-0.39, 0.29) is 35.7 Å². The van der Waals surface area contributed by atoms with Crippen LogP contribution in [0.4, 0.5) is 10.5 Å². The second-order valence-corrected chi connectivity index (χ2v) is 5.92. The number of hydrogen-bond acceptors (Lipinski definition) is 6. The van der Waals surface area contributed by atoms with Crippen molar-refractivity contribution >= 4 is 35.3 Å². The average molecular weight is 382 g/mol. The van der Waals surface area contributed by atoms with E-state index in [0.29, 0.717) is 11.4 Å². The minimum Gasteiger partial charge on any atom is -0.463 e. The molecule has 26 heavy (non-hydrogen) atoms. The number of urea groups is 1. The number of benzene rings is 1. The summed E-state index contributed by atoms with van der Waals surface area (Å²) in [5.74, 6) is -1.28. The highest BCUT2D eigenvalue weighted by molar-refractivity contribution is 6.31. The minimum absolute atomic E-state index is 0.139. The monoisotopic (exact) mass is 381 g/mol. The van der Waals surface area contributed by atoms with E-state index in [1.54, 1.807) is 6.92 Å². The summed E-state index contributed by atoms with van der Waals surface area (Å²) < 4.78 is 10.3. The Hall–Kier alpha value is -2.74. The molecule has 1 aliphatic rings. The number of rotatable bonds is 6. The predicted octanol–water partition coefficient (Wildman–Crippen LogP) is 1.99. The Kier molecular flexibility index (Phi) is 6.46. The van der Waals surface area contributed by atoms with Crippen LogP contribution in [0, 0.1) is 0 Å². The third kappa shape index (κ3) is 4.45. The highest BCUT2D eigenvalue weighted by Gasteiger charge is 2.32. The number of carbonyl (C=O) groups is 3. The molecule has 1 aromatic rings. The number of anilines is 1. The predicted molar refractivity (Wildman–Crippen MR) is 95.6 cm³/mol. The van der Waals surface area contributed by atoms with E-state index in [1.807, 2.05) is 6.92 Å². The molecular weight excluding hydrogens is 362 g/mol. The molecule has 0 unspecified atom stereocenters. The van der Waals surface area contributed by atoms with Crippen molar-refractivity contribution < 1.29 is 23.9 Å². The van der Waals surface area contributed by atoms with Crippen LogP contribution < -0.4 is 16.4 Å². The molecule has 0 aliphatic carbocycles. The first-order chi connectivity index (χ1) is 12.4. The van der Waals surface area contributed by atoms with Crippen molar-refractivity contribution in [3.63, 3.8) is 0 Å². The standard InChI is InChI=1S/C17H20ClN3O5/c1-3-12-14(16(23)25-4-2)13(21-17(24)20-12)8-26-15(22)10-6-5-9(18)7-11(10)19/h5-7,12H,3-4,8,19H2,1-2H3,(H2,20,21,24)/t12-/m1/s1. The number of nitrogens with two attached hydrogens (primary N) is 1. The number of ether oxygens (including phenoxy) is 2. The maximum atomic E-state index is 12.2. The van der Waals surface area contributed by atoms with Gasteiger partial charge < -0.3 is 25.8 Å². The number of halogens is 1. The lowest BCUT2D eigenvalue weighted by Crippen LogP contribution is -2.51. The van der Waals surface area contributed by atoms with Gasteiger partial charge in [0.05, 0.1) is 29.5 Å². The van der Waals surface area contributed by atoms with Gasteiger partial charge in [-0.2, -0.15) is 0 Å². The summed E-state index contributed by atoms with van der Waals surface area (Å²) in [6.45, 7) is 3.37. The third-order valence-corrected chi connectivity index (χ3v) is 3.96. The molecule has 8 nitrogen and oxygen atoms in total. The van der Waals surface area contributed by atoms with Gasteiger partial charge in [0, 0.05) is 10.7 Å². The number of nitrogens with one attached hydrogen (secondary N) is 2. The van der Waals surface area contributed by atoms with Crippen LogP contribution in [0.5, 0.6) is 0 Å². The summed E-state index contributed by atoms with van der Waals surface area (Å²) in [6, 6.07) is 3.37.